The molecule has 0 radical (unpaired) electrons. The van der Waals surface area contributed by atoms with E-state index in [1.54, 1.807) is 11.7 Å². The van der Waals surface area contributed by atoms with Crippen molar-refractivity contribution in [2.75, 3.05) is 0 Å². The Hall–Kier alpha value is -1.23. The molecule has 0 aliphatic rings. The molecule has 5 nitrogen and oxygen atoms in total. The molecule has 14 heavy (non-hydrogen) atoms. The number of nitrogens with two attached hydrogens (primary N) is 1. The van der Waals surface area contributed by atoms with Gasteiger partial charge in [-0.2, -0.15) is 5.10 Å². The molecule has 1 atom stereocenters. The number of aryl methyl sites for hydroxylation is 1. The highest BCUT2D eigenvalue weighted by molar-refractivity contribution is 5.80. The highest BCUT2D eigenvalue weighted by atomic mass is 16.1. The number of hydrogen-bond donors (Lipinski definition) is 1. The lowest BCUT2D eigenvalue weighted by atomic mass is 10.1. The van der Waals surface area contributed by atoms with Crippen molar-refractivity contribution in [3.05, 3.63) is 12.2 Å². The van der Waals surface area contributed by atoms with Gasteiger partial charge in [0.1, 0.15) is 17.9 Å². The molecule has 1 unspecified atom stereocenters. The third-order valence-electron chi connectivity index (χ3n) is 2.17. The van der Waals surface area contributed by atoms with Crippen LogP contribution >= 0.6 is 0 Å². The van der Waals surface area contributed by atoms with Crippen molar-refractivity contribution < 1.29 is 4.79 Å². The molecule has 1 rings (SSSR count). The fraction of sp³-hybridized carbons (Fsp3) is 0.667. The maximum atomic E-state index is 11.5. The molecule has 0 saturated carbocycles. The van der Waals surface area contributed by atoms with E-state index in [1.165, 1.54) is 6.33 Å². The Bertz CT molecular complexity index is 308. The molecule has 0 saturated heterocycles. The van der Waals surface area contributed by atoms with Crippen LogP contribution in [0.4, 0.5) is 0 Å². The van der Waals surface area contributed by atoms with Crippen LogP contribution in [0.2, 0.25) is 0 Å². The van der Waals surface area contributed by atoms with Crippen molar-refractivity contribution in [1.29, 1.82) is 0 Å². The van der Waals surface area contributed by atoms with Crippen LogP contribution in [0.25, 0.3) is 0 Å². The third-order valence-corrected chi connectivity index (χ3v) is 2.17. The summed E-state index contributed by atoms with van der Waals surface area (Å²) >= 11 is 0. The molecule has 0 fully saturated rings. The lowest BCUT2D eigenvalue weighted by molar-refractivity contribution is -0.118. The number of aromatic nitrogens is 3. The van der Waals surface area contributed by atoms with Crippen molar-refractivity contribution in [3.8, 4) is 0 Å². The summed E-state index contributed by atoms with van der Waals surface area (Å²) in [7, 11) is 1.77. The maximum Gasteiger partial charge on any atom is 0.142 e. The standard InChI is InChI=1S/C9H16N4O/c1-3-7(10)4-8(14)5-9-11-6-12-13(9)2/h6-7H,3-5,10H2,1-2H3. The second-order valence-electron chi connectivity index (χ2n) is 3.39. The van der Waals surface area contributed by atoms with Gasteiger partial charge >= 0.3 is 0 Å². The zero-order valence-corrected chi connectivity index (χ0v) is 8.60. The van der Waals surface area contributed by atoms with Gasteiger partial charge in [-0.3, -0.25) is 9.48 Å². The highest BCUT2D eigenvalue weighted by Gasteiger charge is 2.11. The maximum absolute atomic E-state index is 11.5. The summed E-state index contributed by atoms with van der Waals surface area (Å²) in [5.41, 5.74) is 5.68. The van der Waals surface area contributed by atoms with E-state index in [1.807, 2.05) is 6.92 Å². The molecule has 5 heteroatoms. The summed E-state index contributed by atoms with van der Waals surface area (Å²) in [5.74, 6) is 0.814. The van der Waals surface area contributed by atoms with E-state index < -0.39 is 0 Å². The predicted molar refractivity (Wildman–Crippen MR) is 52.6 cm³/mol. The van der Waals surface area contributed by atoms with Crippen LogP contribution in [0, 0.1) is 0 Å². The number of carbonyl (C=O) groups excluding carboxylic acids is 1. The largest absolute Gasteiger partial charge is 0.327 e. The number of nitrogens with zero attached hydrogens (tertiary/aromatic N) is 3. The zero-order valence-electron chi connectivity index (χ0n) is 8.60. The van der Waals surface area contributed by atoms with Crippen LogP contribution in [0.3, 0.4) is 0 Å². The molecule has 0 spiro atoms. The molecule has 0 bridgehead atoms. The molecule has 1 aromatic rings. The van der Waals surface area contributed by atoms with Crippen molar-refractivity contribution >= 4 is 5.78 Å². The van der Waals surface area contributed by atoms with Gasteiger partial charge in [-0.1, -0.05) is 6.92 Å². The second kappa shape index (κ2) is 4.85. The molecular weight excluding hydrogens is 180 g/mol. The number of hydrogen-bond acceptors (Lipinski definition) is 4. The van der Waals surface area contributed by atoms with Gasteiger partial charge in [-0.15, -0.1) is 0 Å². The lowest BCUT2D eigenvalue weighted by Crippen LogP contribution is -2.24. The Labute approximate surface area is 83.3 Å². The van der Waals surface area contributed by atoms with Gasteiger partial charge < -0.3 is 5.73 Å². The smallest absolute Gasteiger partial charge is 0.142 e. The third kappa shape index (κ3) is 2.92. The fourth-order valence-corrected chi connectivity index (χ4v) is 1.17. The summed E-state index contributed by atoms with van der Waals surface area (Å²) < 4.78 is 1.61. The minimum Gasteiger partial charge on any atom is -0.327 e. The Morgan fingerprint density at radius 1 is 1.71 bits per heavy atom. The first kappa shape index (κ1) is 10.8. The van der Waals surface area contributed by atoms with Gasteiger partial charge in [0.05, 0.1) is 6.42 Å². The summed E-state index contributed by atoms with van der Waals surface area (Å²) in [6.07, 6.45) is 3.01. The highest BCUT2D eigenvalue weighted by Crippen LogP contribution is 2.00. The van der Waals surface area contributed by atoms with E-state index in [0.717, 1.165) is 6.42 Å². The minimum absolute atomic E-state index is 0.0317. The Morgan fingerprint density at radius 3 is 2.93 bits per heavy atom. The molecule has 1 aromatic heterocycles. The fourth-order valence-electron chi connectivity index (χ4n) is 1.17. The molecule has 1 heterocycles. The van der Waals surface area contributed by atoms with Gasteiger partial charge in [-0.05, 0) is 6.42 Å². The number of rotatable bonds is 5. The summed E-state index contributed by atoms with van der Waals surface area (Å²) in [4.78, 5) is 15.4. The van der Waals surface area contributed by atoms with Crippen LogP contribution in [0.15, 0.2) is 6.33 Å². The molecule has 0 aromatic carbocycles. The van der Waals surface area contributed by atoms with Crippen molar-refractivity contribution in [2.45, 2.75) is 32.2 Å². The van der Waals surface area contributed by atoms with Crippen molar-refractivity contribution in [3.63, 3.8) is 0 Å². The van der Waals surface area contributed by atoms with Crippen LogP contribution < -0.4 is 5.73 Å². The number of Topliss-reactive ketones (excluding diaryl/α,β-unsaturated/α-hetero) is 1. The molecule has 0 aliphatic heterocycles. The average Bonchev–Trinajstić information content (AvgIpc) is 2.51. The Morgan fingerprint density at radius 2 is 2.43 bits per heavy atom. The lowest BCUT2D eigenvalue weighted by Gasteiger charge is -2.06. The average molecular weight is 196 g/mol. The zero-order chi connectivity index (χ0) is 10.6. The quantitative estimate of drug-likeness (QED) is 0.722. The van der Waals surface area contributed by atoms with Crippen LogP contribution in [-0.4, -0.2) is 26.6 Å². The summed E-state index contributed by atoms with van der Waals surface area (Å²) in [6, 6.07) is -0.0317. The van der Waals surface area contributed by atoms with Gasteiger partial charge in [0.25, 0.3) is 0 Å². The molecule has 2 N–H and O–H groups in total. The number of carbonyl (C=O) groups is 1. The minimum atomic E-state index is -0.0317. The molecule has 0 aliphatic carbocycles. The van der Waals surface area contributed by atoms with E-state index in [4.69, 9.17) is 5.73 Å². The molecular formula is C9H16N4O. The topological polar surface area (TPSA) is 73.8 Å². The Balaban J connectivity index is 2.45. The van der Waals surface area contributed by atoms with Crippen LogP contribution in [-0.2, 0) is 18.3 Å². The van der Waals surface area contributed by atoms with E-state index in [-0.39, 0.29) is 11.8 Å². The van der Waals surface area contributed by atoms with Gasteiger partial charge in [0, 0.05) is 19.5 Å². The first-order valence-electron chi connectivity index (χ1n) is 4.73. The van der Waals surface area contributed by atoms with Gasteiger partial charge in [-0.25, -0.2) is 4.98 Å². The van der Waals surface area contributed by atoms with Crippen molar-refractivity contribution in [1.82, 2.24) is 14.8 Å². The van der Waals surface area contributed by atoms with Crippen LogP contribution in [0.1, 0.15) is 25.6 Å². The SMILES string of the molecule is CCC(N)CC(=O)Cc1ncnn1C. The van der Waals surface area contributed by atoms with Crippen LogP contribution in [0.5, 0.6) is 0 Å². The van der Waals surface area contributed by atoms with Crippen molar-refractivity contribution in [2.24, 2.45) is 12.8 Å². The van der Waals surface area contributed by atoms with Gasteiger partial charge in [0.15, 0.2) is 0 Å². The van der Waals surface area contributed by atoms with Gasteiger partial charge in [0.2, 0.25) is 0 Å². The monoisotopic (exact) mass is 196 g/mol. The summed E-state index contributed by atoms with van der Waals surface area (Å²) in [5, 5.41) is 3.89. The van der Waals surface area contributed by atoms with E-state index >= 15 is 0 Å². The molecule has 78 valence electrons. The van der Waals surface area contributed by atoms with E-state index in [2.05, 4.69) is 10.1 Å². The second-order valence-corrected chi connectivity index (χ2v) is 3.39. The first-order valence-corrected chi connectivity index (χ1v) is 4.73. The van der Waals surface area contributed by atoms with E-state index in [9.17, 15) is 4.79 Å². The normalized spacial score (nSPS) is 12.8. The summed E-state index contributed by atoms with van der Waals surface area (Å²) in [6.45, 7) is 1.97. The van der Waals surface area contributed by atoms with E-state index in [0.29, 0.717) is 18.7 Å². The first-order chi connectivity index (χ1) is 6.63. The number of ketones is 1. The molecule has 0 amide bonds. The predicted octanol–water partition coefficient (Wildman–Crippen LogP) is 0.0541. The Kier molecular flexibility index (Phi) is 3.76.